The molecule has 40 heavy (non-hydrogen) atoms. The molecule has 0 unspecified atom stereocenters. The molecule has 1 heterocycles. The van der Waals surface area contributed by atoms with Gasteiger partial charge in [-0.15, -0.1) is 0 Å². The first-order valence-electron chi connectivity index (χ1n) is 11.6. The van der Waals surface area contributed by atoms with Crippen LogP contribution in [-0.2, 0) is 12.7 Å². The molecule has 0 aliphatic heterocycles. The fourth-order valence-corrected chi connectivity index (χ4v) is 4.74. The van der Waals surface area contributed by atoms with Crippen LogP contribution in [0.2, 0.25) is 0 Å². The zero-order chi connectivity index (χ0) is 30.0. The molecule has 0 radical (unpaired) electrons. The number of hydrogen-bond acceptors (Lipinski definition) is 5. The number of nitrogens with zero attached hydrogens (tertiary/aromatic N) is 2. The van der Waals surface area contributed by atoms with Crippen molar-refractivity contribution >= 4 is 29.4 Å². The van der Waals surface area contributed by atoms with Gasteiger partial charge >= 0.3 is 12.4 Å². The van der Waals surface area contributed by atoms with Crippen molar-refractivity contribution < 1.29 is 40.7 Å². The minimum absolute atomic E-state index is 0.00656. The summed E-state index contributed by atoms with van der Waals surface area (Å²) < 4.78 is 79.1. The van der Waals surface area contributed by atoms with Gasteiger partial charge in [0.25, 0.3) is 11.7 Å². The van der Waals surface area contributed by atoms with E-state index in [0.29, 0.717) is 38.9 Å². The highest BCUT2D eigenvalue weighted by atomic mass is 32.2. The van der Waals surface area contributed by atoms with Crippen LogP contribution >= 0.6 is 11.8 Å². The Bertz CT molecular complexity index is 1450. The van der Waals surface area contributed by atoms with Gasteiger partial charge in [-0.3, -0.25) is 19.1 Å². The topological polar surface area (TPSA) is 107 Å². The molecule has 7 nitrogen and oxygen atoms in total. The van der Waals surface area contributed by atoms with Crippen LogP contribution in [0.1, 0.15) is 54.8 Å². The number of carbonyl (C=O) groups is 3. The third-order valence-corrected chi connectivity index (χ3v) is 6.64. The molecule has 3 N–H and O–H groups in total. The fourth-order valence-electron chi connectivity index (χ4n) is 4.16. The number of alkyl halides is 6. The summed E-state index contributed by atoms with van der Waals surface area (Å²) in [5.74, 6) is -3.37. The number of nitrogens with two attached hydrogens (primary N) is 1. The predicted octanol–water partition coefficient (Wildman–Crippen LogP) is 5.25. The van der Waals surface area contributed by atoms with Gasteiger partial charge in [0.15, 0.2) is 5.69 Å². The summed E-state index contributed by atoms with van der Waals surface area (Å²) in [6.45, 7) is 3.07. The van der Waals surface area contributed by atoms with Crippen molar-refractivity contribution in [2.24, 2.45) is 5.73 Å². The third kappa shape index (κ3) is 6.84. The lowest BCUT2D eigenvalue weighted by Crippen LogP contribution is -2.36. The maximum atomic E-state index is 13.3. The Kier molecular flexibility index (Phi) is 9.02. The number of amides is 2. The van der Waals surface area contributed by atoms with Crippen molar-refractivity contribution in [2.45, 2.75) is 38.8 Å². The van der Waals surface area contributed by atoms with Gasteiger partial charge in [0, 0.05) is 18.0 Å². The number of nitrogens with one attached hydrogen (secondary N) is 1. The summed E-state index contributed by atoms with van der Waals surface area (Å²) in [4.78, 5) is 36.9. The van der Waals surface area contributed by atoms with E-state index >= 15 is 0 Å². The van der Waals surface area contributed by atoms with E-state index in [0.717, 1.165) is 0 Å². The lowest BCUT2D eigenvalue weighted by molar-refractivity contribution is -0.142. The Balaban J connectivity index is 2.02. The first-order chi connectivity index (χ1) is 18.5. The number of aryl methyl sites for hydroxylation is 1. The molecule has 0 fully saturated rings. The number of carbonyl (C=O) groups excluding carboxylic acids is 3. The number of benzene rings is 2. The zero-order valence-electron chi connectivity index (χ0n) is 21.4. The first kappa shape index (κ1) is 30.7. The second-order valence-electron chi connectivity index (χ2n) is 8.99. The van der Waals surface area contributed by atoms with Crippen molar-refractivity contribution in [3.63, 3.8) is 0 Å². The van der Waals surface area contributed by atoms with Gasteiger partial charge in [-0.1, -0.05) is 30.3 Å². The molecule has 2 aromatic carbocycles. The lowest BCUT2D eigenvalue weighted by Gasteiger charge is -2.18. The van der Waals surface area contributed by atoms with Gasteiger partial charge in [-0.2, -0.15) is 43.2 Å². The van der Waals surface area contributed by atoms with Crippen molar-refractivity contribution in [3.05, 3.63) is 76.1 Å². The molecule has 0 aliphatic rings. The molecule has 214 valence electrons. The molecule has 3 aromatic rings. The number of Topliss-reactive ketones (excluding diaryl/α,β-unsaturated/α-hetero) is 1. The van der Waals surface area contributed by atoms with Gasteiger partial charge in [0.1, 0.15) is 0 Å². The summed E-state index contributed by atoms with van der Waals surface area (Å²) in [7, 11) is 0. The minimum atomic E-state index is -5.51. The van der Waals surface area contributed by atoms with E-state index in [1.54, 1.807) is 38.1 Å². The highest BCUT2D eigenvalue weighted by Gasteiger charge is 2.47. The largest absolute Gasteiger partial charge is 0.455 e. The van der Waals surface area contributed by atoms with Gasteiger partial charge in [-0.25, -0.2) is 0 Å². The smallest absolute Gasteiger partial charge is 0.366 e. The summed E-state index contributed by atoms with van der Waals surface area (Å²) >= 11 is 1.52. The number of rotatable bonds is 9. The van der Waals surface area contributed by atoms with Crippen molar-refractivity contribution in [1.29, 1.82) is 0 Å². The maximum absolute atomic E-state index is 13.3. The van der Waals surface area contributed by atoms with Crippen molar-refractivity contribution in [3.8, 4) is 11.1 Å². The van der Waals surface area contributed by atoms with E-state index in [4.69, 9.17) is 5.73 Å². The first-order valence-corrected chi connectivity index (χ1v) is 13.0. The van der Waals surface area contributed by atoms with Crippen LogP contribution in [0.3, 0.4) is 0 Å². The molecule has 0 spiro atoms. The number of aromatic nitrogens is 2. The monoisotopic (exact) mass is 586 g/mol. The molecule has 1 atom stereocenters. The van der Waals surface area contributed by atoms with Crippen LogP contribution in [-0.4, -0.2) is 51.6 Å². The maximum Gasteiger partial charge on any atom is 0.455 e. The Morgan fingerprint density at radius 1 is 1.05 bits per heavy atom. The molecule has 0 saturated carbocycles. The van der Waals surface area contributed by atoms with E-state index in [-0.39, 0.29) is 23.7 Å². The van der Waals surface area contributed by atoms with Gasteiger partial charge in [0.05, 0.1) is 23.2 Å². The lowest BCUT2D eigenvalue weighted by atomic mass is 9.91. The van der Waals surface area contributed by atoms with E-state index in [1.165, 1.54) is 23.9 Å². The van der Waals surface area contributed by atoms with E-state index < -0.39 is 41.2 Å². The third-order valence-electron chi connectivity index (χ3n) is 5.81. The van der Waals surface area contributed by atoms with Crippen LogP contribution in [0.15, 0.2) is 42.6 Å². The standard InChI is InChI=1S/C26H24F6N4O3S/c1-13-9-15(10-36-11-19(22(37)26(30,31)32)21(35-36)25(27,28)29)7-8-16(13)17-5-4-6-18(23(33)38)20(17)24(39)34-14(2)12-40-3/h4-9,11,14H,10,12H2,1-3H3,(H2,33,38)(H,34,39)/t14-/m0/s1. The highest BCUT2D eigenvalue weighted by Crippen LogP contribution is 2.34. The summed E-state index contributed by atoms with van der Waals surface area (Å²) in [6.07, 6.45) is -8.51. The van der Waals surface area contributed by atoms with E-state index in [1.807, 2.05) is 6.26 Å². The van der Waals surface area contributed by atoms with E-state index in [9.17, 15) is 40.7 Å². The minimum Gasteiger partial charge on any atom is -0.366 e. The molecule has 3 rings (SSSR count). The number of halogens is 6. The van der Waals surface area contributed by atoms with Crippen LogP contribution in [0.4, 0.5) is 26.3 Å². The molecule has 1 aromatic heterocycles. The Labute approximate surface area is 229 Å². The molecular weight excluding hydrogens is 562 g/mol. The fraction of sp³-hybridized carbons (Fsp3) is 0.308. The van der Waals surface area contributed by atoms with Crippen LogP contribution < -0.4 is 11.1 Å². The molecule has 2 amide bonds. The molecule has 14 heteroatoms. The Morgan fingerprint density at radius 2 is 1.73 bits per heavy atom. The normalized spacial score (nSPS) is 12.7. The SMILES string of the molecule is CSC[C@H](C)NC(=O)c1c(C(N)=O)cccc1-c1ccc(Cn2cc(C(=O)C(F)(F)F)c(C(F)(F)F)n2)cc1C. The van der Waals surface area contributed by atoms with Gasteiger partial charge in [0.2, 0.25) is 5.91 Å². The molecule has 0 bridgehead atoms. The van der Waals surface area contributed by atoms with Crippen molar-refractivity contribution in [2.75, 3.05) is 12.0 Å². The Morgan fingerprint density at radius 3 is 2.27 bits per heavy atom. The summed E-state index contributed by atoms with van der Waals surface area (Å²) in [5, 5.41) is 6.02. The number of thioether (sulfide) groups is 1. The quantitative estimate of drug-likeness (QED) is 0.263. The van der Waals surface area contributed by atoms with Gasteiger partial charge in [-0.05, 0) is 48.4 Å². The number of primary amides is 1. The molecule has 0 aliphatic carbocycles. The predicted molar refractivity (Wildman–Crippen MR) is 137 cm³/mol. The summed E-state index contributed by atoms with van der Waals surface area (Å²) in [6, 6.07) is 8.95. The number of ketones is 1. The van der Waals surface area contributed by atoms with E-state index in [2.05, 4.69) is 10.4 Å². The van der Waals surface area contributed by atoms with Crippen LogP contribution in [0.25, 0.3) is 11.1 Å². The average Bonchev–Trinajstić information content (AvgIpc) is 3.27. The number of hydrogen-bond donors (Lipinski definition) is 2. The van der Waals surface area contributed by atoms with Crippen molar-refractivity contribution in [1.82, 2.24) is 15.1 Å². The second kappa shape index (κ2) is 11.7. The highest BCUT2D eigenvalue weighted by molar-refractivity contribution is 7.98. The summed E-state index contributed by atoms with van der Waals surface area (Å²) in [5.41, 5.74) is 3.83. The Hall–Kier alpha value is -3.81. The molecular formula is C26H24F6N4O3S. The van der Waals surface area contributed by atoms with Crippen LogP contribution in [0, 0.1) is 6.92 Å². The van der Waals surface area contributed by atoms with Gasteiger partial charge < -0.3 is 11.1 Å². The molecule has 0 saturated heterocycles. The second-order valence-corrected chi connectivity index (χ2v) is 9.90. The van der Waals surface area contributed by atoms with Crippen LogP contribution in [0.5, 0.6) is 0 Å². The average molecular weight is 587 g/mol. The zero-order valence-corrected chi connectivity index (χ0v) is 22.2.